The van der Waals surface area contributed by atoms with Crippen LogP contribution in [-0.2, 0) is 9.53 Å². The van der Waals surface area contributed by atoms with Gasteiger partial charge in [0.05, 0.1) is 19.3 Å². The first kappa shape index (κ1) is 15.5. The summed E-state index contributed by atoms with van der Waals surface area (Å²) < 4.78 is 43.6. The standard InChI is InChI=1S/C12H14F3NO3/c1-19-3-2-11(18)16-10(6-17)7-4-8(13)12(15)9(14)5-7/h4-5,10,17H,2-3,6H2,1H3,(H,16,18). The van der Waals surface area contributed by atoms with Crippen LogP contribution in [0.1, 0.15) is 18.0 Å². The number of aliphatic hydroxyl groups is 1. The quantitative estimate of drug-likeness (QED) is 0.770. The third kappa shape index (κ3) is 4.22. The number of nitrogens with one attached hydrogen (secondary N) is 1. The van der Waals surface area contributed by atoms with Crippen molar-refractivity contribution < 1.29 is 27.8 Å². The van der Waals surface area contributed by atoms with Crippen molar-refractivity contribution in [2.75, 3.05) is 20.3 Å². The minimum atomic E-state index is -1.59. The molecule has 1 atom stereocenters. The Hall–Kier alpha value is -1.60. The van der Waals surface area contributed by atoms with E-state index in [0.717, 1.165) is 12.1 Å². The van der Waals surface area contributed by atoms with Gasteiger partial charge in [0.2, 0.25) is 5.91 Å². The predicted molar refractivity (Wildman–Crippen MR) is 60.8 cm³/mol. The van der Waals surface area contributed by atoms with Crippen molar-refractivity contribution in [1.82, 2.24) is 5.32 Å². The summed E-state index contributed by atoms with van der Waals surface area (Å²) >= 11 is 0. The van der Waals surface area contributed by atoms with Gasteiger partial charge in [0.1, 0.15) is 0 Å². The molecule has 4 nitrogen and oxygen atoms in total. The number of aliphatic hydroxyl groups excluding tert-OH is 1. The van der Waals surface area contributed by atoms with Crippen LogP contribution >= 0.6 is 0 Å². The molecule has 0 bridgehead atoms. The van der Waals surface area contributed by atoms with E-state index >= 15 is 0 Å². The SMILES string of the molecule is COCCC(=O)NC(CO)c1cc(F)c(F)c(F)c1. The number of carbonyl (C=O) groups excluding carboxylic acids is 1. The third-order valence-electron chi connectivity index (χ3n) is 2.46. The van der Waals surface area contributed by atoms with Gasteiger partial charge in [0.25, 0.3) is 0 Å². The lowest BCUT2D eigenvalue weighted by molar-refractivity contribution is -0.123. The molecule has 0 aromatic heterocycles. The first-order chi connectivity index (χ1) is 8.99. The minimum Gasteiger partial charge on any atom is -0.394 e. The minimum absolute atomic E-state index is 0.0408. The Bertz CT molecular complexity index is 431. The molecular formula is C12H14F3NO3. The van der Waals surface area contributed by atoms with Crippen LogP contribution < -0.4 is 5.32 Å². The van der Waals surface area contributed by atoms with Gasteiger partial charge in [-0.15, -0.1) is 0 Å². The lowest BCUT2D eigenvalue weighted by atomic mass is 10.1. The molecule has 0 heterocycles. The summed E-state index contributed by atoms with van der Waals surface area (Å²) in [4.78, 5) is 11.4. The Labute approximate surface area is 108 Å². The molecule has 0 saturated carbocycles. The molecule has 106 valence electrons. The van der Waals surface area contributed by atoms with Crippen molar-refractivity contribution in [2.24, 2.45) is 0 Å². The molecule has 0 saturated heterocycles. The summed E-state index contributed by atoms with van der Waals surface area (Å²) in [6, 6.07) is 0.458. The van der Waals surface area contributed by atoms with Crippen LogP contribution in [0.5, 0.6) is 0 Å². The molecule has 0 fully saturated rings. The van der Waals surface area contributed by atoms with E-state index in [4.69, 9.17) is 9.84 Å². The topological polar surface area (TPSA) is 58.6 Å². The summed E-state index contributed by atoms with van der Waals surface area (Å²) in [5, 5.41) is 11.5. The molecule has 0 radical (unpaired) electrons. The number of ether oxygens (including phenoxy) is 1. The lowest BCUT2D eigenvalue weighted by Gasteiger charge is -2.17. The largest absolute Gasteiger partial charge is 0.394 e. The summed E-state index contributed by atoms with van der Waals surface area (Å²) in [5.41, 5.74) is -0.0512. The van der Waals surface area contributed by atoms with Crippen LogP contribution in [0, 0.1) is 17.5 Å². The molecule has 1 amide bonds. The predicted octanol–water partition coefficient (Wildman–Crippen LogP) is 1.29. The van der Waals surface area contributed by atoms with Gasteiger partial charge in [-0.2, -0.15) is 0 Å². The van der Waals surface area contributed by atoms with Crippen LogP contribution in [0.3, 0.4) is 0 Å². The highest BCUT2D eigenvalue weighted by Gasteiger charge is 2.18. The number of hydrogen-bond acceptors (Lipinski definition) is 3. The van der Waals surface area contributed by atoms with Crippen molar-refractivity contribution in [3.05, 3.63) is 35.1 Å². The molecule has 0 spiro atoms. The zero-order valence-electron chi connectivity index (χ0n) is 10.3. The second kappa shape index (κ2) is 7.10. The van der Waals surface area contributed by atoms with Crippen molar-refractivity contribution >= 4 is 5.91 Å². The molecule has 0 aliphatic carbocycles. The van der Waals surface area contributed by atoms with Gasteiger partial charge in [-0.05, 0) is 17.7 Å². The van der Waals surface area contributed by atoms with E-state index in [-0.39, 0.29) is 18.6 Å². The van der Waals surface area contributed by atoms with E-state index in [1.165, 1.54) is 7.11 Å². The zero-order valence-corrected chi connectivity index (χ0v) is 10.3. The Morgan fingerprint density at radius 2 is 1.95 bits per heavy atom. The second-order valence-corrected chi connectivity index (χ2v) is 3.84. The number of amides is 1. The van der Waals surface area contributed by atoms with Crippen LogP contribution in [0.2, 0.25) is 0 Å². The number of rotatable bonds is 6. The van der Waals surface area contributed by atoms with E-state index in [2.05, 4.69) is 5.32 Å². The summed E-state index contributed by atoms with van der Waals surface area (Å²) in [6.07, 6.45) is 0.0408. The average molecular weight is 277 g/mol. The van der Waals surface area contributed by atoms with E-state index in [1.54, 1.807) is 0 Å². The Morgan fingerprint density at radius 1 is 1.37 bits per heavy atom. The molecular weight excluding hydrogens is 263 g/mol. The molecule has 2 N–H and O–H groups in total. The fourth-order valence-corrected chi connectivity index (χ4v) is 1.47. The van der Waals surface area contributed by atoms with Crippen LogP contribution in [-0.4, -0.2) is 31.3 Å². The normalized spacial score (nSPS) is 12.3. The molecule has 0 aliphatic heterocycles. The second-order valence-electron chi connectivity index (χ2n) is 3.84. The van der Waals surface area contributed by atoms with Gasteiger partial charge in [-0.3, -0.25) is 4.79 Å². The van der Waals surface area contributed by atoms with Crippen molar-refractivity contribution in [3.63, 3.8) is 0 Å². The van der Waals surface area contributed by atoms with Gasteiger partial charge >= 0.3 is 0 Å². The van der Waals surface area contributed by atoms with Gasteiger partial charge in [0.15, 0.2) is 17.5 Å². The summed E-state index contributed by atoms with van der Waals surface area (Å²) in [5.74, 6) is -4.80. The highest BCUT2D eigenvalue weighted by atomic mass is 19.2. The average Bonchev–Trinajstić information content (AvgIpc) is 2.39. The first-order valence-corrected chi connectivity index (χ1v) is 5.53. The highest BCUT2D eigenvalue weighted by molar-refractivity contribution is 5.76. The molecule has 7 heteroatoms. The molecule has 1 unspecified atom stereocenters. The Balaban J connectivity index is 2.83. The van der Waals surface area contributed by atoms with Crippen molar-refractivity contribution in [2.45, 2.75) is 12.5 Å². The van der Waals surface area contributed by atoms with Crippen LogP contribution in [0.4, 0.5) is 13.2 Å². The summed E-state index contributed by atoms with van der Waals surface area (Å²) in [7, 11) is 1.42. The van der Waals surface area contributed by atoms with E-state index in [0.29, 0.717) is 0 Å². The van der Waals surface area contributed by atoms with E-state index in [1.807, 2.05) is 0 Å². The Morgan fingerprint density at radius 3 is 2.42 bits per heavy atom. The van der Waals surface area contributed by atoms with Crippen molar-refractivity contribution in [3.8, 4) is 0 Å². The monoisotopic (exact) mass is 277 g/mol. The number of halogens is 3. The van der Waals surface area contributed by atoms with Crippen molar-refractivity contribution in [1.29, 1.82) is 0 Å². The zero-order chi connectivity index (χ0) is 14.4. The number of methoxy groups -OCH3 is 1. The van der Waals surface area contributed by atoms with Gasteiger partial charge in [-0.1, -0.05) is 0 Å². The third-order valence-corrected chi connectivity index (χ3v) is 2.46. The fourth-order valence-electron chi connectivity index (χ4n) is 1.47. The molecule has 1 rings (SSSR count). The molecule has 1 aromatic rings. The smallest absolute Gasteiger partial charge is 0.222 e. The maximum Gasteiger partial charge on any atom is 0.222 e. The Kier molecular flexibility index (Phi) is 5.78. The van der Waals surface area contributed by atoms with Crippen LogP contribution in [0.25, 0.3) is 0 Å². The number of carbonyl (C=O) groups is 1. The fraction of sp³-hybridized carbons (Fsp3) is 0.417. The van der Waals surface area contributed by atoms with Gasteiger partial charge < -0.3 is 15.2 Å². The highest BCUT2D eigenvalue weighted by Crippen LogP contribution is 2.19. The first-order valence-electron chi connectivity index (χ1n) is 5.53. The maximum absolute atomic E-state index is 13.0. The number of benzene rings is 1. The van der Waals surface area contributed by atoms with Gasteiger partial charge in [-0.25, -0.2) is 13.2 Å². The number of hydrogen-bond donors (Lipinski definition) is 2. The van der Waals surface area contributed by atoms with Crippen LogP contribution in [0.15, 0.2) is 12.1 Å². The molecule has 0 aliphatic rings. The summed E-state index contributed by atoms with van der Waals surface area (Å²) in [6.45, 7) is -0.390. The van der Waals surface area contributed by atoms with Gasteiger partial charge in [0, 0.05) is 13.5 Å². The van der Waals surface area contributed by atoms with E-state index in [9.17, 15) is 18.0 Å². The molecule has 19 heavy (non-hydrogen) atoms. The maximum atomic E-state index is 13.0. The molecule has 1 aromatic carbocycles. The van der Waals surface area contributed by atoms with E-state index < -0.39 is 36.0 Å². The lowest BCUT2D eigenvalue weighted by Crippen LogP contribution is -2.31.